The van der Waals surface area contributed by atoms with E-state index in [1.807, 2.05) is 43.1 Å². The van der Waals surface area contributed by atoms with Crippen molar-refractivity contribution in [2.45, 2.75) is 69.7 Å². The minimum atomic E-state index is -0.495. The normalized spacial score (nSPS) is 40.8. The number of halogens is 1. The van der Waals surface area contributed by atoms with Gasteiger partial charge in [-0.1, -0.05) is 29.8 Å². The average molecular weight is 375 g/mol. The molecule has 6 rings (SSSR count). The van der Waals surface area contributed by atoms with Crippen molar-refractivity contribution < 1.29 is 9.90 Å². The van der Waals surface area contributed by atoms with Gasteiger partial charge in [0.15, 0.2) is 0 Å². The minimum absolute atomic E-state index is 0.217. The molecule has 0 aromatic heterocycles. The number of hydrogen-bond donors (Lipinski definition) is 1. The minimum Gasteiger partial charge on any atom is -0.390 e. The molecule has 1 aromatic carbocycles. The van der Waals surface area contributed by atoms with Gasteiger partial charge in [-0.3, -0.25) is 9.80 Å². The first kappa shape index (κ1) is 17.0. The fraction of sp³-hybridized carbons (Fsp3) is 0.667. The van der Waals surface area contributed by atoms with Crippen molar-refractivity contribution in [1.29, 1.82) is 0 Å². The Bertz CT molecular complexity index is 748. The molecule has 1 N–H and O–H groups in total. The number of carbonyl (C=O) groups excluding carboxylic acids is 1. The highest BCUT2D eigenvalue weighted by Gasteiger charge is 2.63. The average Bonchev–Trinajstić information content (AvgIpc) is 2.56. The van der Waals surface area contributed by atoms with Gasteiger partial charge in [0.1, 0.15) is 5.54 Å². The number of amides is 1. The third-order valence-electron chi connectivity index (χ3n) is 7.39. The number of benzene rings is 1. The summed E-state index contributed by atoms with van der Waals surface area (Å²) in [6, 6.07) is 8.13. The molecule has 1 saturated heterocycles. The van der Waals surface area contributed by atoms with Crippen LogP contribution < -0.4 is 0 Å². The molecule has 0 spiro atoms. The lowest BCUT2D eigenvalue weighted by Gasteiger charge is -2.66. The molecule has 4 nitrogen and oxygen atoms in total. The van der Waals surface area contributed by atoms with E-state index in [4.69, 9.17) is 11.6 Å². The Morgan fingerprint density at radius 1 is 1.15 bits per heavy atom. The van der Waals surface area contributed by atoms with Gasteiger partial charge in [-0.15, -0.1) is 0 Å². The van der Waals surface area contributed by atoms with E-state index in [1.54, 1.807) is 0 Å². The smallest absolute Gasteiger partial charge is 0.258 e. The Hall–Kier alpha value is -1.10. The van der Waals surface area contributed by atoms with Crippen LogP contribution in [0.3, 0.4) is 0 Å². The molecule has 5 aliphatic rings. The standard InChI is InChI=1S/C21H27ClN2O2/c1-20(2)19(25)24(23(20)12-14-5-3-4-6-17(14)22)18-15-7-13-8-16(18)11-21(26,9-13)10-15/h3-6,13,15-16,18,26H,7-12H2,1-2H3/t13?,15?,16?,18-,21-. The van der Waals surface area contributed by atoms with Crippen molar-refractivity contribution in [1.82, 2.24) is 10.0 Å². The Labute approximate surface area is 160 Å². The summed E-state index contributed by atoms with van der Waals surface area (Å²) < 4.78 is 0. The van der Waals surface area contributed by atoms with Crippen LogP contribution in [0.1, 0.15) is 51.5 Å². The summed E-state index contributed by atoms with van der Waals surface area (Å²) in [5.41, 5.74) is 0.0940. The van der Waals surface area contributed by atoms with Crippen LogP contribution in [-0.2, 0) is 11.3 Å². The van der Waals surface area contributed by atoms with Crippen LogP contribution in [0.5, 0.6) is 0 Å². The maximum absolute atomic E-state index is 13.1. The molecule has 5 fully saturated rings. The summed E-state index contributed by atoms with van der Waals surface area (Å²) in [4.78, 5) is 13.1. The summed E-state index contributed by atoms with van der Waals surface area (Å²) in [7, 11) is 0. The SMILES string of the molecule is CC1(C)C(=O)N([C@H]2C3CC4CC2C[C@](O)(C4)C3)N1Cc1ccccc1Cl. The van der Waals surface area contributed by atoms with Gasteiger partial charge in [-0.05, 0) is 75.3 Å². The van der Waals surface area contributed by atoms with E-state index in [0.717, 1.165) is 42.7 Å². The molecule has 26 heavy (non-hydrogen) atoms. The lowest BCUT2D eigenvalue weighted by Crippen LogP contribution is -2.79. The molecule has 1 aliphatic heterocycles. The third-order valence-corrected chi connectivity index (χ3v) is 7.76. The predicted octanol–water partition coefficient (Wildman–Crippen LogP) is 3.62. The second-order valence-electron chi connectivity index (χ2n) is 9.54. The van der Waals surface area contributed by atoms with Crippen LogP contribution >= 0.6 is 11.6 Å². The van der Waals surface area contributed by atoms with Gasteiger partial charge >= 0.3 is 0 Å². The second-order valence-corrected chi connectivity index (χ2v) is 9.95. The maximum atomic E-state index is 13.1. The molecule has 140 valence electrons. The van der Waals surface area contributed by atoms with Gasteiger partial charge in [0, 0.05) is 11.6 Å². The lowest BCUT2D eigenvalue weighted by atomic mass is 9.52. The molecular formula is C21H27ClN2O2. The van der Waals surface area contributed by atoms with Crippen LogP contribution in [0, 0.1) is 17.8 Å². The van der Waals surface area contributed by atoms with E-state index < -0.39 is 11.1 Å². The predicted molar refractivity (Wildman–Crippen MR) is 100 cm³/mol. The van der Waals surface area contributed by atoms with E-state index in [9.17, 15) is 9.90 Å². The topological polar surface area (TPSA) is 43.8 Å². The molecule has 1 heterocycles. The number of rotatable bonds is 3. The lowest BCUT2D eigenvalue weighted by molar-refractivity contribution is -0.262. The molecule has 2 atom stereocenters. The highest BCUT2D eigenvalue weighted by Crippen LogP contribution is 2.58. The fourth-order valence-electron chi connectivity index (χ4n) is 6.44. The monoisotopic (exact) mass is 374 g/mol. The summed E-state index contributed by atoms with van der Waals surface area (Å²) >= 11 is 6.39. The first-order valence-corrected chi connectivity index (χ1v) is 10.2. The summed E-state index contributed by atoms with van der Waals surface area (Å²) in [5.74, 6) is 1.73. The molecule has 0 radical (unpaired) electrons. The third kappa shape index (κ3) is 2.31. The summed E-state index contributed by atoms with van der Waals surface area (Å²) in [6.45, 7) is 4.67. The Morgan fingerprint density at radius 3 is 2.42 bits per heavy atom. The van der Waals surface area contributed by atoms with E-state index in [1.165, 1.54) is 0 Å². The number of nitrogens with zero attached hydrogens (tertiary/aromatic N) is 2. The maximum Gasteiger partial charge on any atom is 0.258 e. The summed E-state index contributed by atoms with van der Waals surface area (Å²) in [6.07, 6.45) is 5.00. The molecule has 4 saturated carbocycles. The Kier molecular flexibility index (Phi) is 3.58. The fourth-order valence-corrected chi connectivity index (χ4v) is 6.63. The van der Waals surface area contributed by atoms with Crippen molar-refractivity contribution in [2.24, 2.45) is 17.8 Å². The number of carbonyl (C=O) groups is 1. The van der Waals surface area contributed by atoms with Gasteiger partial charge in [-0.25, -0.2) is 0 Å². The van der Waals surface area contributed by atoms with Crippen LogP contribution in [0.25, 0.3) is 0 Å². The zero-order valence-corrected chi connectivity index (χ0v) is 16.2. The number of hydrazine groups is 1. The molecule has 5 heteroatoms. The zero-order chi connectivity index (χ0) is 18.3. The first-order chi connectivity index (χ1) is 12.3. The second kappa shape index (κ2) is 5.46. The van der Waals surface area contributed by atoms with Crippen LogP contribution in [-0.4, -0.2) is 38.2 Å². The van der Waals surface area contributed by atoms with Gasteiger partial charge in [0.05, 0.1) is 11.6 Å². The van der Waals surface area contributed by atoms with Gasteiger partial charge in [0.25, 0.3) is 5.91 Å². The first-order valence-electron chi connectivity index (χ1n) is 9.85. The van der Waals surface area contributed by atoms with Gasteiger partial charge in [0.2, 0.25) is 0 Å². The number of hydrogen-bond acceptors (Lipinski definition) is 3. The molecule has 4 bridgehead atoms. The molecule has 1 amide bonds. The molecular weight excluding hydrogens is 348 g/mol. The quantitative estimate of drug-likeness (QED) is 0.878. The van der Waals surface area contributed by atoms with Gasteiger partial charge in [-0.2, -0.15) is 5.01 Å². The van der Waals surface area contributed by atoms with Crippen LogP contribution in [0.2, 0.25) is 5.02 Å². The van der Waals surface area contributed by atoms with E-state index in [0.29, 0.717) is 24.3 Å². The Balaban J connectivity index is 1.44. The van der Waals surface area contributed by atoms with E-state index in [-0.39, 0.29) is 11.9 Å². The molecule has 1 aromatic rings. The molecule has 4 aliphatic carbocycles. The Morgan fingerprint density at radius 2 is 1.81 bits per heavy atom. The van der Waals surface area contributed by atoms with Crippen molar-refractivity contribution in [2.75, 3.05) is 0 Å². The van der Waals surface area contributed by atoms with Gasteiger partial charge < -0.3 is 5.11 Å². The highest BCUT2D eigenvalue weighted by atomic mass is 35.5. The van der Waals surface area contributed by atoms with Crippen molar-refractivity contribution in [3.05, 3.63) is 34.9 Å². The largest absolute Gasteiger partial charge is 0.390 e. The molecule has 2 unspecified atom stereocenters. The van der Waals surface area contributed by atoms with Crippen LogP contribution in [0.4, 0.5) is 0 Å². The summed E-state index contributed by atoms with van der Waals surface area (Å²) in [5, 5.41) is 15.9. The van der Waals surface area contributed by atoms with E-state index in [2.05, 4.69) is 5.01 Å². The number of aliphatic hydroxyl groups is 1. The van der Waals surface area contributed by atoms with Crippen molar-refractivity contribution >= 4 is 17.5 Å². The van der Waals surface area contributed by atoms with Crippen molar-refractivity contribution in [3.63, 3.8) is 0 Å². The van der Waals surface area contributed by atoms with E-state index >= 15 is 0 Å². The van der Waals surface area contributed by atoms with Crippen molar-refractivity contribution in [3.8, 4) is 0 Å². The van der Waals surface area contributed by atoms with Crippen LogP contribution in [0.15, 0.2) is 24.3 Å². The zero-order valence-electron chi connectivity index (χ0n) is 15.5. The highest BCUT2D eigenvalue weighted by molar-refractivity contribution is 6.31.